The maximum Gasteiger partial charge on any atom is 0.303 e. The lowest BCUT2D eigenvalue weighted by Crippen LogP contribution is -2.21. The van der Waals surface area contributed by atoms with Crippen LogP contribution in [0.15, 0.2) is 36.4 Å². The Morgan fingerprint density at radius 1 is 1.17 bits per heavy atom. The van der Waals surface area contributed by atoms with Crippen LogP contribution in [0, 0.1) is 0 Å². The highest BCUT2D eigenvalue weighted by molar-refractivity contribution is 6.32. The lowest BCUT2D eigenvalue weighted by molar-refractivity contribution is -0.137. The summed E-state index contributed by atoms with van der Waals surface area (Å²) in [5.41, 5.74) is 0.965. The molecule has 0 unspecified atom stereocenters. The molecule has 0 amide bonds. The molecule has 2 N–H and O–H groups in total. The molecule has 1 aromatic heterocycles. The Labute approximate surface area is 184 Å². The van der Waals surface area contributed by atoms with Crippen molar-refractivity contribution in [3.63, 3.8) is 0 Å². The lowest BCUT2D eigenvalue weighted by Gasteiger charge is -2.20. The first-order chi connectivity index (χ1) is 14.4. The van der Waals surface area contributed by atoms with Gasteiger partial charge in [-0.25, -0.2) is 0 Å². The third kappa shape index (κ3) is 5.23. The summed E-state index contributed by atoms with van der Waals surface area (Å²) in [5.74, 6) is 1.07. The fourth-order valence-corrected chi connectivity index (χ4v) is 3.56. The molecular formula is C21H22Cl2N4O3. The van der Waals surface area contributed by atoms with Crippen LogP contribution in [0.5, 0.6) is 5.75 Å². The van der Waals surface area contributed by atoms with Gasteiger partial charge in [-0.05, 0) is 42.3 Å². The van der Waals surface area contributed by atoms with Crippen LogP contribution in [-0.4, -0.2) is 42.0 Å². The van der Waals surface area contributed by atoms with Gasteiger partial charge in [0.25, 0.3) is 0 Å². The second-order valence-electron chi connectivity index (χ2n) is 6.80. The third-order valence-corrected chi connectivity index (χ3v) is 5.17. The van der Waals surface area contributed by atoms with Crippen LogP contribution in [-0.2, 0) is 11.3 Å². The summed E-state index contributed by atoms with van der Waals surface area (Å²) in [5, 5.41) is 23.7. The molecule has 0 radical (unpaired) electrons. The maximum atomic E-state index is 10.8. The zero-order valence-electron chi connectivity index (χ0n) is 16.7. The van der Waals surface area contributed by atoms with E-state index in [1.54, 1.807) is 13.2 Å². The molecule has 0 fully saturated rings. The Balaban J connectivity index is 1.84. The minimum atomic E-state index is -0.815. The number of nitrogens with one attached hydrogen (secondary N) is 1. The van der Waals surface area contributed by atoms with E-state index in [-0.39, 0.29) is 6.42 Å². The minimum absolute atomic E-state index is 0.103. The van der Waals surface area contributed by atoms with Crippen molar-refractivity contribution >= 4 is 51.6 Å². The average Bonchev–Trinajstić information content (AvgIpc) is 2.71. The number of hydrogen-bond acceptors (Lipinski definition) is 6. The zero-order chi connectivity index (χ0) is 21.7. The molecule has 0 aliphatic rings. The van der Waals surface area contributed by atoms with E-state index in [1.165, 1.54) is 0 Å². The molecule has 158 valence electrons. The van der Waals surface area contributed by atoms with Gasteiger partial charge in [0.1, 0.15) is 5.75 Å². The van der Waals surface area contributed by atoms with E-state index < -0.39 is 5.97 Å². The largest absolute Gasteiger partial charge is 0.495 e. The number of hydrogen-bond donors (Lipinski definition) is 2. The van der Waals surface area contributed by atoms with Gasteiger partial charge in [-0.2, -0.15) is 0 Å². The normalized spacial score (nSPS) is 10.8. The van der Waals surface area contributed by atoms with Crippen molar-refractivity contribution in [1.82, 2.24) is 10.2 Å². The van der Waals surface area contributed by atoms with Crippen LogP contribution in [0.3, 0.4) is 0 Å². The summed E-state index contributed by atoms with van der Waals surface area (Å²) in [6.07, 6.45) is 0.617. The predicted octanol–water partition coefficient (Wildman–Crippen LogP) is 4.86. The molecule has 0 atom stereocenters. The molecule has 0 aliphatic heterocycles. The number of aromatic nitrogens is 2. The van der Waals surface area contributed by atoms with E-state index in [0.717, 1.165) is 16.3 Å². The summed E-state index contributed by atoms with van der Waals surface area (Å²) < 4.78 is 5.18. The number of aliphatic carboxylic acids is 1. The number of halogens is 2. The van der Waals surface area contributed by atoms with Crippen LogP contribution in [0.25, 0.3) is 10.8 Å². The van der Waals surface area contributed by atoms with Crippen molar-refractivity contribution in [3.8, 4) is 5.75 Å². The van der Waals surface area contributed by atoms with Crippen molar-refractivity contribution in [3.05, 3.63) is 52.0 Å². The topological polar surface area (TPSA) is 87.6 Å². The molecule has 3 aromatic rings. The molecule has 9 heteroatoms. The van der Waals surface area contributed by atoms with Gasteiger partial charge >= 0.3 is 5.97 Å². The molecule has 2 aromatic carbocycles. The number of fused-ring (bicyclic) bond motifs is 1. The first-order valence-electron chi connectivity index (χ1n) is 9.34. The highest BCUT2D eigenvalue weighted by Gasteiger charge is 2.14. The third-order valence-electron chi connectivity index (χ3n) is 4.64. The maximum absolute atomic E-state index is 10.8. The number of benzene rings is 2. The Morgan fingerprint density at radius 2 is 1.97 bits per heavy atom. The molecule has 0 aliphatic carbocycles. The number of methoxy groups -OCH3 is 1. The van der Waals surface area contributed by atoms with Crippen molar-refractivity contribution in [2.75, 3.05) is 30.9 Å². The average molecular weight is 449 g/mol. The van der Waals surface area contributed by atoms with Gasteiger partial charge in [-0.1, -0.05) is 29.3 Å². The zero-order valence-corrected chi connectivity index (χ0v) is 18.2. The highest BCUT2D eigenvalue weighted by Crippen LogP contribution is 2.31. The minimum Gasteiger partial charge on any atom is -0.495 e. The Bertz CT molecular complexity index is 1060. The molecular weight excluding hydrogens is 427 g/mol. The van der Waals surface area contributed by atoms with Crippen LogP contribution in [0.1, 0.15) is 18.4 Å². The Morgan fingerprint density at radius 3 is 2.67 bits per heavy atom. The SMILES string of the molecule is COc1ccc(CNc2nnc(N(C)CCCC(=O)O)c3ccc(Cl)cc23)cc1Cl. The first-order valence-corrected chi connectivity index (χ1v) is 10.1. The highest BCUT2D eigenvalue weighted by atomic mass is 35.5. The van der Waals surface area contributed by atoms with Gasteiger partial charge in [0.05, 0.1) is 12.1 Å². The summed E-state index contributed by atoms with van der Waals surface area (Å²) in [6, 6.07) is 11.1. The van der Waals surface area contributed by atoms with E-state index in [1.807, 2.05) is 42.3 Å². The number of nitrogens with zero attached hydrogens (tertiary/aromatic N) is 3. The number of ether oxygens (including phenoxy) is 1. The van der Waals surface area contributed by atoms with Gasteiger partial charge in [0, 0.05) is 42.4 Å². The molecule has 0 saturated heterocycles. The monoisotopic (exact) mass is 448 g/mol. The Kier molecular flexibility index (Phi) is 7.18. The van der Waals surface area contributed by atoms with Gasteiger partial charge in [0.15, 0.2) is 11.6 Å². The molecule has 1 heterocycles. The van der Waals surface area contributed by atoms with E-state index in [2.05, 4.69) is 15.5 Å². The predicted molar refractivity (Wildman–Crippen MR) is 120 cm³/mol. The Hall–Kier alpha value is -2.77. The van der Waals surface area contributed by atoms with Crippen molar-refractivity contribution < 1.29 is 14.6 Å². The van der Waals surface area contributed by atoms with Crippen molar-refractivity contribution in [2.45, 2.75) is 19.4 Å². The van der Waals surface area contributed by atoms with Crippen LogP contribution in [0.2, 0.25) is 10.0 Å². The number of carbonyl (C=O) groups is 1. The smallest absolute Gasteiger partial charge is 0.303 e. The second kappa shape index (κ2) is 9.82. The first kappa shape index (κ1) is 21.9. The number of carboxylic acids is 1. The number of anilines is 2. The van der Waals surface area contributed by atoms with Gasteiger partial charge in [-0.3, -0.25) is 4.79 Å². The van der Waals surface area contributed by atoms with E-state index in [4.69, 9.17) is 33.0 Å². The van der Waals surface area contributed by atoms with E-state index in [0.29, 0.717) is 46.9 Å². The molecule has 3 rings (SSSR count). The van der Waals surface area contributed by atoms with Gasteiger partial charge < -0.3 is 20.1 Å². The van der Waals surface area contributed by atoms with Gasteiger partial charge in [-0.15, -0.1) is 10.2 Å². The summed E-state index contributed by atoms with van der Waals surface area (Å²) in [6.45, 7) is 1.05. The molecule has 0 saturated carbocycles. The van der Waals surface area contributed by atoms with Crippen molar-refractivity contribution in [1.29, 1.82) is 0 Å². The summed E-state index contributed by atoms with van der Waals surface area (Å²) in [7, 11) is 3.44. The van der Waals surface area contributed by atoms with Crippen LogP contribution < -0.4 is 15.0 Å². The fourth-order valence-electron chi connectivity index (χ4n) is 3.10. The van der Waals surface area contributed by atoms with Crippen LogP contribution >= 0.6 is 23.2 Å². The van der Waals surface area contributed by atoms with Crippen molar-refractivity contribution in [2.24, 2.45) is 0 Å². The van der Waals surface area contributed by atoms with E-state index in [9.17, 15) is 4.79 Å². The standard InChI is InChI=1S/C21H22Cl2N4O3/c1-27(9-3-4-19(28)29)21-15-7-6-14(22)11-16(15)20(25-26-21)24-12-13-5-8-18(30-2)17(23)10-13/h5-8,10-11H,3-4,9,12H2,1-2H3,(H,24,25)(H,28,29). The number of rotatable bonds is 9. The lowest BCUT2D eigenvalue weighted by atomic mass is 10.1. The quantitative estimate of drug-likeness (QED) is 0.483. The second-order valence-corrected chi connectivity index (χ2v) is 7.65. The molecule has 0 spiro atoms. The summed E-state index contributed by atoms with van der Waals surface area (Å²) in [4.78, 5) is 12.7. The molecule has 7 nitrogen and oxygen atoms in total. The summed E-state index contributed by atoms with van der Waals surface area (Å²) >= 11 is 12.4. The van der Waals surface area contributed by atoms with E-state index >= 15 is 0 Å². The number of carboxylic acid groups (broad SMARTS) is 1. The van der Waals surface area contributed by atoms with Crippen LogP contribution in [0.4, 0.5) is 11.6 Å². The van der Waals surface area contributed by atoms with Gasteiger partial charge in [0.2, 0.25) is 0 Å². The fraction of sp³-hybridized carbons (Fsp3) is 0.286. The molecule has 30 heavy (non-hydrogen) atoms. The molecule has 0 bridgehead atoms.